The Morgan fingerprint density at radius 1 is 0.560 bits per heavy atom. The normalized spacial score (nSPS) is 13.2. The predicted octanol–water partition coefficient (Wildman–Crippen LogP) is 10.2. The second-order valence-electron chi connectivity index (χ2n) is 13.3. The molecule has 6 heteroatoms. The van der Waals surface area contributed by atoms with E-state index in [1.807, 2.05) is 48.5 Å². The van der Waals surface area contributed by atoms with E-state index in [1.54, 1.807) is 12.1 Å². The van der Waals surface area contributed by atoms with Crippen molar-refractivity contribution >= 4 is 89.9 Å². The molecule has 3 nitrogen and oxygen atoms in total. The highest BCUT2D eigenvalue weighted by atomic mass is 19.1. The number of fused-ring (bicyclic) bond motifs is 9. The van der Waals surface area contributed by atoms with E-state index in [0.717, 1.165) is 89.4 Å². The van der Waals surface area contributed by atoms with Gasteiger partial charge in [-0.05, 0) is 82.6 Å². The number of rotatable bonds is 4. The smallest absolute Gasteiger partial charge is 0.252 e. The molecule has 0 N–H and O–H groups in total. The van der Waals surface area contributed by atoms with Gasteiger partial charge in [-0.15, -0.1) is 0 Å². The van der Waals surface area contributed by atoms with Crippen molar-refractivity contribution in [3.8, 4) is 0 Å². The number of nitrogens with zero attached hydrogens (tertiary/aromatic N) is 2. The zero-order valence-corrected chi connectivity index (χ0v) is 27.7. The minimum Gasteiger partial charge on any atom is -0.456 e. The summed E-state index contributed by atoms with van der Waals surface area (Å²) in [7, 11) is 0. The quantitative estimate of drug-likeness (QED) is 0.177. The fourth-order valence-corrected chi connectivity index (χ4v) is 8.54. The van der Waals surface area contributed by atoms with Crippen LogP contribution in [0.25, 0.3) is 32.7 Å². The van der Waals surface area contributed by atoms with Gasteiger partial charge in [-0.1, -0.05) is 98.8 Å². The van der Waals surface area contributed by atoms with Gasteiger partial charge in [0, 0.05) is 44.5 Å². The minimum absolute atomic E-state index is 0.213. The molecule has 1 aromatic heterocycles. The molecule has 2 aliphatic rings. The molecule has 240 valence electrons. The molecular weight excluding hydrogens is 621 g/mol. The molecule has 7 aromatic carbocycles. The topological polar surface area (TPSA) is 19.6 Å². The van der Waals surface area contributed by atoms with Crippen molar-refractivity contribution in [2.24, 2.45) is 0 Å². The second kappa shape index (κ2) is 10.8. The van der Waals surface area contributed by atoms with Crippen LogP contribution in [0.1, 0.15) is 25.0 Å². The van der Waals surface area contributed by atoms with Gasteiger partial charge in [0.05, 0.1) is 11.4 Å². The van der Waals surface area contributed by atoms with E-state index >= 15 is 8.78 Å². The van der Waals surface area contributed by atoms with Crippen LogP contribution in [0.2, 0.25) is 0 Å². The first-order chi connectivity index (χ1) is 24.6. The number of benzene rings is 7. The van der Waals surface area contributed by atoms with Crippen molar-refractivity contribution in [1.29, 1.82) is 0 Å². The Balaban J connectivity index is 1.43. The van der Waals surface area contributed by atoms with Crippen LogP contribution in [0.4, 0.5) is 42.9 Å². The Hall–Kier alpha value is -5.88. The molecule has 0 aliphatic carbocycles. The van der Waals surface area contributed by atoms with Gasteiger partial charge in [-0.2, -0.15) is 0 Å². The van der Waals surface area contributed by atoms with E-state index in [9.17, 15) is 0 Å². The Bertz CT molecular complexity index is 2700. The molecule has 0 radical (unpaired) electrons. The molecular formula is C44H31BF2N2O. The van der Waals surface area contributed by atoms with Crippen LogP contribution in [0.3, 0.4) is 0 Å². The van der Waals surface area contributed by atoms with Crippen LogP contribution < -0.4 is 26.2 Å². The summed E-state index contributed by atoms with van der Waals surface area (Å²) in [6.07, 6.45) is 1.43. The molecule has 2 aliphatic heterocycles. The molecule has 10 rings (SSSR count). The first-order valence-electron chi connectivity index (χ1n) is 17.3. The van der Waals surface area contributed by atoms with E-state index in [-0.39, 0.29) is 18.3 Å². The van der Waals surface area contributed by atoms with Crippen LogP contribution in [-0.4, -0.2) is 6.71 Å². The average Bonchev–Trinajstić information content (AvgIpc) is 3.52. The molecule has 0 amide bonds. The fraction of sp³-hybridized carbons (Fsp3) is 0.0909. The van der Waals surface area contributed by atoms with Gasteiger partial charge in [0.2, 0.25) is 0 Å². The number of para-hydroxylation sites is 3. The minimum atomic E-state index is -0.313. The van der Waals surface area contributed by atoms with Gasteiger partial charge in [-0.25, -0.2) is 8.78 Å². The highest BCUT2D eigenvalue weighted by molar-refractivity contribution is 7.00. The average molecular weight is 653 g/mol. The van der Waals surface area contributed by atoms with Crippen molar-refractivity contribution in [2.75, 3.05) is 9.80 Å². The lowest BCUT2D eigenvalue weighted by molar-refractivity contribution is 0.628. The first-order valence-corrected chi connectivity index (χ1v) is 17.3. The summed E-state index contributed by atoms with van der Waals surface area (Å²) in [5.41, 5.74) is 11.6. The Kier molecular flexibility index (Phi) is 6.29. The number of halogens is 2. The lowest BCUT2D eigenvalue weighted by Gasteiger charge is -2.45. The van der Waals surface area contributed by atoms with Gasteiger partial charge < -0.3 is 14.2 Å². The van der Waals surface area contributed by atoms with E-state index in [2.05, 4.69) is 78.2 Å². The summed E-state index contributed by atoms with van der Waals surface area (Å²) in [6.45, 7) is 4.06. The summed E-state index contributed by atoms with van der Waals surface area (Å²) in [6, 6.07) is 41.6. The maximum absolute atomic E-state index is 16.2. The molecule has 0 atom stereocenters. The number of hydrogen-bond donors (Lipinski definition) is 0. The molecule has 0 saturated heterocycles. The maximum atomic E-state index is 16.2. The number of anilines is 6. The SMILES string of the molecule is CCc1cc2c3c(c1)N(c1ccccc1F)c1c(ccc4ccccc14)B3c1cc3c(oc4ccccc43)c(CC)c1N2c1ccccc1F. The van der Waals surface area contributed by atoms with E-state index in [4.69, 9.17) is 4.42 Å². The monoisotopic (exact) mass is 652 g/mol. The van der Waals surface area contributed by atoms with Crippen molar-refractivity contribution in [2.45, 2.75) is 26.7 Å². The van der Waals surface area contributed by atoms with Crippen molar-refractivity contribution in [3.63, 3.8) is 0 Å². The fourth-order valence-electron chi connectivity index (χ4n) is 8.54. The largest absolute Gasteiger partial charge is 0.456 e. The Labute approximate surface area is 289 Å². The molecule has 3 heterocycles. The predicted molar refractivity (Wildman–Crippen MR) is 204 cm³/mol. The van der Waals surface area contributed by atoms with Crippen molar-refractivity contribution in [1.82, 2.24) is 0 Å². The number of furan rings is 1. The third kappa shape index (κ3) is 3.90. The van der Waals surface area contributed by atoms with E-state index < -0.39 is 0 Å². The summed E-state index contributed by atoms with van der Waals surface area (Å²) in [4.78, 5) is 4.22. The van der Waals surface area contributed by atoms with E-state index in [0.29, 0.717) is 17.8 Å². The summed E-state index contributed by atoms with van der Waals surface area (Å²) in [5, 5.41) is 4.22. The summed E-state index contributed by atoms with van der Waals surface area (Å²) in [5.74, 6) is -0.616. The lowest BCUT2D eigenvalue weighted by Crippen LogP contribution is -2.61. The lowest BCUT2D eigenvalue weighted by atomic mass is 9.33. The number of aryl methyl sites for hydroxylation is 2. The van der Waals surface area contributed by atoms with Crippen LogP contribution in [0.5, 0.6) is 0 Å². The Morgan fingerprint density at radius 3 is 1.86 bits per heavy atom. The van der Waals surface area contributed by atoms with Gasteiger partial charge in [0.1, 0.15) is 22.8 Å². The molecule has 0 spiro atoms. The van der Waals surface area contributed by atoms with Crippen molar-refractivity contribution < 1.29 is 13.2 Å². The molecule has 50 heavy (non-hydrogen) atoms. The van der Waals surface area contributed by atoms with Gasteiger partial charge >= 0.3 is 0 Å². The van der Waals surface area contributed by atoms with E-state index in [1.165, 1.54) is 12.1 Å². The molecule has 0 saturated carbocycles. The van der Waals surface area contributed by atoms with Crippen molar-refractivity contribution in [3.05, 3.63) is 150 Å². The standard InChI is InChI=1S/C44H31BF2N2O/c1-3-26-23-38-41-39(24-26)49(37-19-11-9-17-35(37)47)43-29-14-6-5-13-27(29)21-22-32(43)45(41)33-25-31-30-15-7-12-20-40(30)50-44(31)28(4-2)42(33)48(38)36-18-10-8-16-34(36)46/h5-25H,3-4H2,1-2H3. The summed E-state index contributed by atoms with van der Waals surface area (Å²) < 4.78 is 39.0. The molecule has 0 fully saturated rings. The van der Waals surface area contributed by atoms with Gasteiger partial charge in [0.25, 0.3) is 6.71 Å². The third-order valence-corrected chi connectivity index (χ3v) is 10.7. The van der Waals surface area contributed by atoms with Crippen LogP contribution >= 0.6 is 0 Å². The second-order valence-corrected chi connectivity index (χ2v) is 13.3. The molecule has 8 aromatic rings. The highest BCUT2D eigenvalue weighted by Crippen LogP contribution is 2.49. The highest BCUT2D eigenvalue weighted by Gasteiger charge is 2.46. The van der Waals surface area contributed by atoms with Gasteiger partial charge in [-0.3, -0.25) is 0 Å². The third-order valence-electron chi connectivity index (χ3n) is 10.7. The summed E-state index contributed by atoms with van der Waals surface area (Å²) >= 11 is 0. The van der Waals surface area contributed by atoms with Crippen LogP contribution in [0, 0.1) is 11.6 Å². The zero-order valence-electron chi connectivity index (χ0n) is 27.7. The number of hydrogen-bond acceptors (Lipinski definition) is 3. The van der Waals surface area contributed by atoms with Crippen LogP contribution in [-0.2, 0) is 12.8 Å². The molecule has 0 unspecified atom stereocenters. The first kappa shape index (κ1) is 29.1. The maximum Gasteiger partial charge on any atom is 0.252 e. The molecule has 0 bridgehead atoms. The van der Waals surface area contributed by atoms with Gasteiger partial charge in [0.15, 0.2) is 0 Å². The van der Waals surface area contributed by atoms with Crippen LogP contribution in [0.15, 0.2) is 132 Å². The Morgan fingerprint density at radius 2 is 1.18 bits per heavy atom. The zero-order chi connectivity index (χ0) is 33.7.